The maximum absolute atomic E-state index is 12.6. The minimum Gasteiger partial charge on any atom is -0.379 e. The van der Waals surface area contributed by atoms with Crippen molar-refractivity contribution in [1.82, 2.24) is 25.3 Å². The number of hydrogen-bond donors (Lipinski definition) is 3. The van der Waals surface area contributed by atoms with Gasteiger partial charge in [-0.2, -0.15) is 5.10 Å². The molecule has 1 aliphatic carbocycles. The lowest BCUT2D eigenvalue weighted by atomic mass is 9.83. The van der Waals surface area contributed by atoms with E-state index in [0.717, 1.165) is 30.6 Å². The standard InChI is InChI=1S/C17H27N7O2S/c1-4-24-9-12(10(2)23-24)8-19-15(25)11-5-6-13(14(7-11)26-3)20-17-22-21-16(18)27-17/h9,11,13-14H,4-8H2,1-3H3,(H2,18,21)(H,19,25)(H,20,22)/t11-,13+,14+/m0/s1. The van der Waals surface area contributed by atoms with E-state index in [0.29, 0.717) is 23.2 Å². The van der Waals surface area contributed by atoms with Crippen LogP contribution in [0.4, 0.5) is 10.3 Å². The average molecular weight is 394 g/mol. The predicted molar refractivity (Wildman–Crippen MR) is 104 cm³/mol. The summed E-state index contributed by atoms with van der Waals surface area (Å²) in [5.74, 6) is 0.00771. The summed E-state index contributed by atoms with van der Waals surface area (Å²) in [4.78, 5) is 12.6. The number of nitrogen functional groups attached to an aromatic ring is 1. The van der Waals surface area contributed by atoms with Gasteiger partial charge in [-0.25, -0.2) is 0 Å². The van der Waals surface area contributed by atoms with Gasteiger partial charge in [0.2, 0.25) is 16.2 Å². The topological polar surface area (TPSA) is 120 Å². The summed E-state index contributed by atoms with van der Waals surface area (Å²) < 4.78 is 7.52. The summed E-state index contributed by atoms with van der Waals surface area (Å²) in [6.45, 7) is 5.33. The molecule has 1 saturated carbocycles. The number of ether oxygens (including phenoxy) is 1. The highest BCUT2D eigenvalue weighted by Crippen LogP contribution is 2.30. The third-order valence-electron chi connectivity index (χ3n) is 5.04. The molecule has 1 aliphatic rings. The number of rotatable bonds is 7. The second-order valence-electron chi connectivity index (χ2n) is 6.79. The van der Waals surface area contributed by atoms with Crippen LogP contribution < -0.4 is 16.4 Å². The molecule has 27 heavy (non-hydrogen) atoms. The van der Waals surface area contributed by atoms with Gasteiger partial charge in [0, 0.05) is 37.9 Å². The fraction of sp³-hybridized carbons (Fsp3) is 0.647. The largest absolute Gasteiger partial charge is 0.379 e. The summed E-state index contributed by atoms with van der Waals surface area (Å²) in [5, 5.41) is 19.7. The number of aryl methyl sites for hydroxylation is 2. The number of hydrogen-bond acceptors (Lipinski definition) is 8. The monoisotopic (exact) mass is 393 g/mol. The normalized spacial score (nSPS) is 22.6. The number of carbonyl (C=O) groups is 1. The van der Waals surface area contributed by atoms with Gasteiger partial charge in [0.15, 0.2) is 0 Å². The summed E-state index contributed by atoms with van der Waals surface area (Å²) >= 11 is 1.31. The first-order valence-corrected chi connectivity index (χ1v) is 10.0. The zero-order valence-corrected chi connectivity index (χ0v) is 16.8. The van der Waals surface area contributed by atoms with Gasteiger partial charge in [-0.15, -0.1) is 10.2 Å². The molecule has 0 unspecified atom stereocenters. The van der Waals surface area contributed by atoms with Crippen LogP contribution in [0.25, 0.3) is 0 Å². The lowest BCUT2D eigenvalue weighted by Gasteiger charge is -2.34. The second-order valence-corrected chi connectivity index (χ2v) is 7.80. The summed E-state index contributed by atoms with van der Waals surface area (Å²) in [6.07, 6.45) is 4.21. The minimum atomic E-state index is -0.0656. The lowest BCUT2D eigenvalue weighted by molar-refractivity contribution is -0.127. The fourth-order valence-corrected chi connectivity index (χ4v) is 4.04. The van der Waals surface area contributed by atoms with Gasteiger partial charge in [-0.1, -0.05) is 11.3 Å². The van der Waals surface area contributed by atoms with Crippen molar-refractivity contribution in [1.29, 1.82) is 0 Å². The maximum atomic E-state index is 12.6. The van der Waals surface area contributed by atoms with Crippen LogP contribution in [-0.2, 0) is 22.6 Å². The molecule has 10 heteroatoms. The Labute approximate surface area is 162 Å². The first-order valence-electron chi connectivity index (χ1n) is 9.19. The van der Waals surface area contributed by atoms with Crippen molar-refractivity contribution < 1.29 is 9.53 Å². The highest BCUT2D eigenvalue weighted by molar-refractivity contribution is 7.18. The number of aromatic nitrogens is 4. The van der Waals surface area contributed by atoms with Crippen LogP contribution >= 0.6 is 11.3 Å². The van der Waals surface area contributed by atoms with Crippen LogP contribution in [0.1, 0.15) is 37.4 Å². The molecule has 3 atom stereocenters. The Balaban J connectivity index is 1.53. The highest BCUT2D eigenvalue weighted by Gasteiger charge is 2.34. The summed E-state index contributed by atoms with van der Waals surface area (Å²) in [6, 6.07) is 0.0939. The van der Waals surface area contributed by atoms with Crippen LogP contribution in [0.5, 0.6) is 0 Å². The number of nitrogens with two attached hydrogens (primary N) is 1. The number of nitrogens with one attached hydrogen (secondary N) is 2. The Kier molecular flexibility index (Phi) is 6.27. The third-order valence-corrected chi connectivity index (χ3v) is 5.72. The Morgan fingerprint density at radius 2 is 2.26 bits per heavy atom. The molecule has 0 saturated heterocycles. The number of anilines is 2. The number of carbonyl (C=O) groups excluding carboxylic acids is 1. The molecule has 0 radical (unpaired) electrons. The first kappa shape index (κ1) is 19.6. The van der Waals surface area contributed by atoms with Crippen LogP contribution in [-0.4, -0.2) is 45.1 Å². The highest BCUT2D eigenvalue weighted by atomic mass is 32.1. The smallest absolute Gasteiger partial charge is 0.223 e. The molecule has 3 rings (SSSR count). The third kappa shape index (κ3) is 4.75. The van der Waals surface area contributed by atoms with E-state index in [4.69, 9.17) is 10.5 Å². The van der Waals surface area contributed by atoms with Crippen molar-refractivity contribution in [3.8, 4) is 0 Å². The van der Waals surface area contributed by atoms with E-state index in [9.17, 15) is 4.79 Å². The molecule has 0 spiro atoms. The second kappa shape index (κ2) is 8.66. The van der Waals surface area contributed by atoms with Crippen molar-refractivity contribution in [3.05, 3.63) is 17.5 Å². The molecule has 1 fully saturated rings. The van der Waals surface area contributed by atoms with E-state index >= 15 is 0 Å². The van der Waals surface area contributed by atoms with E-state index in [1.807, 2.05) is 24.7 Å². The number of amides is 1. The van der Waals surface area contributed by atoms with Gasteiger partial charge in [-0.3, -0.25) is 9.48 Å². The van der Waals surface area contributed by atoms with E-state index in [-0.39, 0.29) is 24.0 Å². The maximum Gasteiger partial charge on any atom is 0.223 e. The molecule has 4 N–H and O–H groups in total. The molecule has 0 bridgehead atoms. The molecule has 1 amide bonds. The van der Waals surface area contributed by atoms with Gasteiger partial charge in [0.25, 0.3) is 0 Å². The average Bonchev–Trinajstić information content (AvgIpc) is 3.24. The van der Waals surface area contributed by atoms with Crippen molar-refractivity contribution in [2.75, 3.05) is 18.2 Å². The quantitative estimate of drug-likeness (QED) is 0.653. The Bertz CT molecular complexity index is 775. The lowest BCUT2D eigenvalue weighted by Crippen LogP contribution is -2.44. The summed E-state index contributed by atoms with van der Waals surface area (Å²) in [5.41, 5.74) is 7.64. The van der Waals surface area contributed by atoms with Crippen LogP contribution in [0.2, 0.25) is 0 Å². The van der Waals surface area contributed by atoms with Crippen molar-refractivity contribution in [3.63, 3.8) is 0 Å². The zero-order chi connectivity index (χ0) is 19.4. The van der Waals surface area contributed by atoms with Crippen molar-refractivity contribution in [2.45, 2.75) is 58.3 Å². The molecule has 9 nitrogen and oxygen atoms in total. The van der Waals surface area contributed by atoms with Gasteiger partial charge in [0.05, 0.1) is 17.8 Å². The van der Waals surface area contributed by atoms with Crippen molar-refractivity contribution >= 4 is 27.5 Å². The van der Waals surface area contributed by atoms with Gasteiger partial charge in [-0.05, 0) is 33.1 Å². The fourth-order valence-electron chi connectivity index (χ4n) is 3.47. The predicted octanol–water partition coefficient (Wildman–Crippen LogP) is 1.56. The molecule has 2 heterocycles. The van der Waals surface area contributed by atoms with Crippen LogP contribution in [0.15, 0.2) is 6.20 Å². The van der Waals surface area contributed by atoms with E-state index in [1.165, 1.54) is 11.3 Å². The minimum absolute atomic E-state index is 0.0611. The number of nitrogens with zero attached hydrogens (tertiary/aromatic N) is 4. The Hall–Kier alpha value is -2.20. The molecule has 2 aromatic rings. The zero-order valence-electron chi connectivity index (χ0n) is 15.9. The van der Waals surface area contributed by atoms with Gasteiger partial charge < -0.3 is 21.1 Å². The van der Waals surface area contributed by atoms with E-state index in [1.54, 1.807) is 7.11 Å². The molecule has 2 aromatic heterocycles. The summed E-state index contributed by atoms with van der Waals surface area (Å²) in [7, 11) is 1.68. The molecule has 0 aliphatic heterocycles. The molecular weight excluding hydrogens is 366 g/mol. The first-order chi connectivity index (χ1) is 13.0. The molecule has 0 aromatic carbocycles. The number of methoxy groups -OCH3 is 1. The molecular formula is C17H27N7O2S. The van der Waals surface area contributed by atoms with E-state index in [2.05, 4.69) is 25.9 Å². The van der Waals surface area contributed by atoms with Crippen LogP contribution in [0, 0.1) is 12.8 Å². The van der Waals surface area contributed by atoms with Crippen molar-refractivity contribution in [2.24, 2.45) is 5.92 Å². The Morgan fingerprint density at radius 1 is 1.44 bits per heavy atom. The van der Waals surface area contributed by atoms with Crippen LogP contribution in [0.3, 0.4) is 0 Å². The SMILES string of the molecule is CCn1cc(CNC(=O)[C@H]2CC[C@@H](Nc3nnc(N)s3)[C@H](OC)C2)c(C)n1. The van der Waals surface area contributed by atoms with Gasteiger partial charge in [0.1, 0.15) is 0 Å². The van der Waals surface area contributed by atoms with Gasteiger partial charge >= 0.3 is 0 Å². The Morgan fingerprint density at radius 3 is 2.89 bits per heavy atom. The van der Waals surface area contributed by atoms with E-state index < -0.39 is 0 Å². The molecule has 148 valence electrons.